The van der Waals surface area contributed by atoms with Crippen LogP contribution in [-0.4, -0.2) is 75.7 Å². The maximum Gasteiger partial charge on any atom is 0.341 e. The number of rotatable bonds is 6. The summed E-state index contributed by atoms with van der Waals surface area (Å²) in [6.45, 7) is 2.00. The number of aromatic amines is 1. The van der Waals surface area contributed by atoms with Gasteiger partial charge in [0.15, 0.2) is 0 Å². The van der Waals surface area contributed by atoms with E-state index in [2.05, 4.69) is 25.2 Å². The molecule has 12 heteroatoms. The van der Waals surface area contributed by atoms with Crippen molar-refractivity contribution in [3.63, 3.8) is 0 Å². The van der Waals surface area contributed by atoms with E-state index in [9.17, 15) is 24.2 Å². The first kappa shape index (κ1) is 24.8. The summed E-state index contributed by atoms with van der Waals surface area (Å²) in [4.78, 5) is 39.6. The van der Waals surface area contributed by atoms with Crippen molar-refractivity contribution >= 4 is 50.3 Å². The number of aliphatic hydroxyl groups excluding tert-OH is 1. The molecule has 0 aliphatic carbocycles. The molecule has 39 heavy (non-hydrogen) atoms. The lowest BCUT2D eigenvalue weighted by molar-refractivity contribution is 0.0694. The Morgan fingerprint density at radius 1 is 1.18 bits per heavy atom. The third-order valence-electron chi connectivity index (χ3n) is 7.06. The molecule has 1 aliphatic rings. The fourth-order valence-corrected chi connectivity index (χ4v) is 5.28. The van der Waals surface area contributed by atoms with Gasteiger partial charge in [0.1, 0.15) is 22.7 Å². The summed E-state index contributed by atoms with van der Waals surface area (Å²) in [6, 6.07) is 4.49. The van der Waals surface area contributed by atoms with Crippen molar-refractivity contribution in [1.29, 1.82) is 0 Å². The number of hydrogen-bond donors (Lipinski definition) is 4. The van der Waals surface area contributed by atoms with Crippen LogP contribution in [0.1, 0.15) is 10.4 Å². The van der Waals surface area contributed by atoms with Crippen molar-refractivity contribution in [1.82, 2.24) is 19.5 Å². The maximum atomic E-state index is 14.7. The number of H-pyrrole nitrogens is 1. The summed E-state index contributed by atoms with van der Waals surface area (Å²) in [5, 5.41) is 23.6. The van der Waals surface area contributed by atoms with E-state index in [4.69, 9.17) is 4.74 Å². The lowest BCUT2D eigenvalue weighted by Crippen LogP contribution is -2.36. The molecule has 0 saturated carbocycles. The van der Waals surface area contributed by atoms with Gasteiger partial charge in [-0.05, 0) is 18.2 Å². The van der Waals surface area contributed by atoms with Gasteiger partial charge >= 0.3 is 5.97 Å². The molecule has 0 radical (unpaired) electrons. The highest BCUT2D eigenvalue weighted by molar-refractivity contribution is 6.17. The fourth-order valence-electron chi connectivity index (χ4n) is 5.28. The predicted molar refractivity (Wildman–Crippen MR) is 145 cm³/mol. The van der Waals surface area contributed by atoms with Gasteiger partial charge in [0.2, 0.25) is 5.43 Å². The molecule has 5 aromatic rings. The number of halogens is 1. The molecule has 0 amide bonds. The van der Waals surface area contributed by atoms with E-state index in [1.54, 1.807) is 25.5 Å². The summed E-state index contributed by atoms with van der Waals surface area (Å²) < 4.78 is 21.7. The molecule has 1 fully saturated rings. The predicted octanol–water partition coefficient (Wildman–Crippen LogP) is 2.80. The number of carboxylic acids is 1. The Bertz CT molecular complexity index is 1830. The molecule has 0 bridgehead atoms. The second kappa shape index (κ2) is 9.64. The van der Waals surface area contributed by atoms with Crippen molar-refractivity contribution in [2.24, 2.45) is 0 Å². The molecule has 5 heterocycles. The van der Waals surface area contributed by atoms with Gasteiger partial charge in [-0.25, -0.2) is 19.2 Å². The van der Waals surface area contributed by atoms with Gasteiger partial charge in [-0.3, -0.25) is 4.79 Å². The molecule has 6 rings (SSSR count). The van der Waals surface area contributed by atoms with Gasteiger partial charge in [0.25, 0.3) is 0 Å². The molecule has 4 aromatic heterocycles. The highest BCUT2D eigenvalue weighted by Crippen LogP contribution is 2.42. The summed E-state index contributed by atoms with van der Waals surface area (Å²) in [5.74, 6) is -1.76. The van der Waals surface area contributed by atoms with Crippen LogP contribution in [0.15, 0.2) is 41.6 Å². The minimum Gasteiger partial charge on any atom is -0.477 e. The molecule has 200 valence electrons. The normalized spacial score (nSPS) is 14.0. The first-order chi connectivity index (χ1) is 18.9. The minimum absolute atomic E-state index is 0.0741. The second-order valence-electron chi connectivity index (χ2n) is 9.28. The summed E-state index contributed by atoms with van der Waals surface area (Å²) in [7, 11) is 1.72. The number of anilines is 2. The number of carboxylic acid groups (broad SMARTS) is 1. The first-order valence-electron chi connectivity index (χ1n) is 12.4. The molecule has 0 unspecified atom stereocenters. The van der Waals surface area contributed by atoms with Crippen LogP contribution in [0.4, 0.5) is 15.8 Å². The van der Waals surface area contributed by atoms with Crippen LogP contribution in [0, 0.1) is 5.82 Å². The number of nitrogens with zero attached hydrogens (tertiary/aromatic N) is 4. The zero-order valence-corrected chi connectivity index (χ0v) is 21.0. The number of pyridine rings is 3. The Kier molecular flexibility index (Phi) is 6.12. The van der Waals surface area contributed by atoms with Crippen molar-refractivity contribution in [3.8, 4) is 11.1 Å². The van der Waals surface area contributed by atoms with Gasteiger partial charge in [-0.15, -0.1) is 0 Å². The average molecular weight is 533 g/mol. The van der Waals surface area contributed by atoms with Gasteiger partial charge in [-0.1, -0.05) is 0 Å². The molecule has 4 N–H and O–H groups in total. The second-order valence-corrected chi connectivity index (χ2v) is 9.28. The van der Waals surface area contributed by atoms with Crippen molar-refractivity contribution in [2.75, 3.05) is 50.2 Å². The Hall–Kier alpha value is -4.55. The van der Waals surface area contributed by atoms with Crippen molar-refractivity contribution in [2.45, 2.75) is 6.54 Å². The standard InChI is InChI=1S/C27H25FN6O5/c1-29-20-10-15(28)9-16-21-23(33-3-6-39-7-4-33)18(12-30-25(21)32-22(16)20)14-8-17-24(36)19(27(37)38)13-34(2-5-35)26(17)31-11-14/h8-13,29,35H,2-7H2,1H3,(H,30,32)(H,37,38). The first-order valence-corrected chi connectivity index (χ1v) is 12.4. The Morgan fingerprint density at radius 3 is 2.69 bits per heavy atom. The monoisotopic (exact) mass is 532 g/mol. The van der Waals surface area contributed by atoms with Crippen LogP contribution in [0.2, 0.25) is 0 Å². The van der Waals surface area contributed by atoms with Crippen LogP contribution < -0.4 is 15.6 Å². The van der Waals surface area contributed by atoms with Gasteiger partial charge < -0.3 is 34.7 Å². The van der Waals surface area contributed by atoms with Crippen LogP contribution in [0.5, 0.6) is 0 Å². The third-order valence-corrected chi connectivity index (χ3v) is 7.06. The summed E-state index contributed by atoms with van der Waals surface area (Å²) in [6.07, 6.45) is 4.47. The highest BCUT2D eigenvalue weighted by Gasteiger charge is 2.24. The molecule has 11 nitrogen and oxygen atoms in total. The molecule has 1 aliphatic heterocycles. The number of aliphatic hydroxyl groups is 1. The summed E-state index contributed by atoms with van der Waals surface area (Å²) >= 11 is 0. The lowest BCUT2D eigenvalue weighted by Gasteiger charge is -2.31. The number of aromatic carboxylic acids is 1. The van der Waals surface area contributed by atoms with Crippen molar-refractivity contribution in [3.05, 3.63) is 58.4 Å². The van der Waals surface area contributed by atoms with E-state index in [0.717, 1.165) is 11.1 Å². The number of carbonyl (C=O) groups is 1. The van der Waals surface area contributed by atoms with Gasteiger partial charge in [-0.2, -0.15) is 0 Å². The highest BCUT2D eigenvalue weighted by atomic mass is 19.1. The van der Waals surface area contributed by atoms with E-state index in [1.807, 2.05) is 0 Å². The molecule has 1 aromatic carbocycles. The number of morpholine rings is 1. The third kappa shape index (κ3) is 4.04. The SMILES string of the molecule is CNc1cc(F)cc2c1[nH]c1ncc(-c3cnc4c(c3)c(=O)c(C(=O)O)cn4CCO)c(N3CCOCC3)c12. The van der Waals surface area contributed by atoms with E-state index >= 15 is 0 Å². The molecule has 0 atom stereocenters. The molecular formula is C27H25FN6O5. The minimum atomic E-state index is -1.36. The number of nitrogens with one attached hydrogen (secondary N) is 2. The van der Waals surface area contributed by atoms with Crippen molar-refractivity contribution < 1.29 is 24.1 Å². The van der Waals surface area contributed by atoms with E-state index in [1.165, 1.54) is 22.9 Å². The smallest absolute Gasteiger partial charge is 0.341 e. The van der Waals surface area contributed by atoms with E-state index in [0.29, 0.717) is 59.7 Å². The lowest BCUT2D eigenvalue weighted by atomic mass is 10.0. The Labute approximate surface area is 220 Å². The van der Waals surface area contributed by atoms with Crippen LogP contribution in [-0.2, 0) is 11.3 Å². The molecule has 1 saturated heterocycles. The molecule has 0 spiro atoms. The van der Waals surface area contributed by atoms with Crippen LogP contribution in [0.25, 0.3) is 44.1 Å². The van der Waals surface area contributed by atoms with Crippen LogP contribution >= 0.6 is 0 Å². The van der Waals surface area contributed by atoms with Gasteiger partial charge in [0.05, 0.1) is 47.5 Å². The van der Waals surface area contributed by atoms with Gasteiger partial charge in [0, 0.05) is 61.8 Å². The van der Waals surface area contributed by atoms with Crippen LogP contribution in [0.3, 0.4) is 0 Å². The number of hydrogen-bond acceptors (Lipinski definition) is 8. The number of aromatic nitrogens is 4. The maximum absolute atomic E-state index is 14.7. The average Bonchev–Trinajstić information content (AvgIpc) is 3.32. The Balaban J connectivity index is 1.67. The van der Waals surface area contributed by atoms with E-state index < -0.39 is 22.8 Å². The number of benzene rings is 1. The Morgan fingerprint density at radius 2 is 1.97 bits per heavy atom. The zero-order valence-electron chi connectivity index (χ0n) is 21.0. The number of ether oxygens (including phenoxy) is 1. The topological polar surface area (TPSA) is 146 Å². The fraction of sp³-hybridized carbons (Fsp3) is 0.259. The number of fused-ring (bicyclic) bond motifs is 4. The zero-order chi connectivity index (χ0) is 27.3. The van der Waals surface area contributed by atoms with E-state index in [-0.39, 0.29) is 24.2 Å². The largest absolute Gasteiger partial charge is 0.477 e. The summed E-state index contributed by atoms with van der Waals surface area (Å²) in [5.41, 5.74) is 3.05. The quantitative estimate of drug-likeness (QED) is 0.259. The molecular weight excluding hydrogens is 507 g/mol.